The number of rotatable bonds is 3. The van der Waals surface area contributed by atoms with Gasteiger partial charge in [-0.2, -0.15) is 0 Å². The molecule has 1 unspecified atom stereocenters. The molecule has 1 fully saturated rings. The number of sulfone groups is 1. The van der Waals surface area contributed by atoms with Crippen molar-refractivity contribution in [1.82, 2.24) is 4.90 Å². The Kier molecular flexibility index (Phi) is 3.94. The second-order valence-electron chi connectivity index (χ2n) is 3.50. The van der Waals surface area contributed by atoms with Gasteiger partial charge < -0.3 is 4.90 Å². The van der Waals surface area contributed by atoms with Crippen molar-refractivity contribution in [3.05, 3.63) is 0 Å². The summed E-state index contributed by atoms with van der Waals surface area (Å²) in [7, 11) is -1.22. The van der Waals surface area contributed by atoms with E-state index in [9.17, 15) is 13.2 Å². The number of amides is 1. The Morgan fingerprint density at radius 3 is 2.64 bits per heavy atom. The van der Waals surface area contributed by atoms with Crippen molar-refractivity contribution in [2.24, 2.45) is 0 Å². The summed E-state index contributed by atoms with van der Waals surface area (Å²) in [5.74, 6) is 0.338. The van der Waals surface area contributed by atoms with Crippen LogP contribution in [0.4, 0.5) is 0 Å². The van der Waals surface area contributed by atoms with Crippen molar-refractivity contribution in [1.29, 1.82) is 0 Å². The number of halogens is 1. The van der Waals surface area contributed by atoms with Gasteiger partial charge in [0.2, 0.25) is 5.91 Å². The number of carbonyl (C=O) groups excluding carboxylic acids is 1. The minimum atomic E-state index is -2.89. The first-order chi connectivity index (χ1) is 6.46. The van der Waals surface area contributed by atoms with Crippen molar-refractivity contribution in [2.45, 2.75) is 18.9 Å². The third-order valence-corrected chi connectivity index (χ3v) is 4.60. The van der Waals surface area contributed by atoms with Crippen LogP contribution in [0.1, 0.15) is 12.8 Å². The molecule has 0 saturated carbocycles. The van der Waals surface area contributed by atoms with Crippen molar-refractivity contribution >= 4 is 31.7 Å². The normalized spacial score (nSPS) is 24.9. The molecule has 1 atom stereocenters. The Morgan fingerprint density at radius 2 is 2.21 bits per heavy atom. The Morgan fingerprint density at radius 1 is 1.57 bits per heavy atom. The number of hydrogen-bond donors (Lipinski definition) is 0. The van der Waals surface area contributed by atoms with Crippen molar-refractivity contribution in [2.75, 3.05) is 23.9 Å². The Hall–Kier alpha value is -0.100. The lowest BCUT2D eigenvalue weighted by atomic mass is 10.2. The quantitative estimate of drug-likeness (QED) is 0.706. The van der Waals surface area contributed by atoms with Gasteiger partial charge in [0.1, 0.15) is 0 Å². The summed E-state index contributed by atoms with van der Waals surface area (Å²) in [4.78, 5) is 13.0. The topological polar surface area (TPSA) is 54.5 Å². The molecule has 1 aliphatic rings. The zero-order chi connectivity index (χ0) is 10.8. The van der Waals surface area contributed by atoms with E-state index in [4.69, 9.17) is 0 Å². The third kappa shape index (κ3) is 2.95. The fourth-order valence-corrected chi connectivity index (χ4v) is 3.66. The summed E-state index contributed by atoms with van der Waals surface area (Å²) < 4.78 is 22.4. The summed E-state index contributed by atoms with van der Waals surface area (Å²) in [6.45, 7) is 0. The van der Waals surface area contributed by atoms with Crippen LogP contribution in [0.5, 0.6) is 0 Å². The molecule has 0 aromatic rings. The predicted molar refractivity (Wildman–Crippen MR) is 58.2 cm³/mol. The Labute approximate surface area is 92.7 Å². The lowest BCUT2D eigenvalue weighted by molar-refractivity contribution is -0.131. The highest BCUT2D eigenvalue weighted by Crippen LogP contribution is 2.17. The molecule has 4 nitrogen and oxygen atoms in total. The van der Waals surface area contributed by atoms with Crippen molar-refractivity contribution in [3.8, 4) is 0 Å². The van der Waals surface area contributed by atoms with E-state index in [-0.39, 0.29) is 23.5 Å². The standard InChI is InChI=1S/C8H14BrNO3S/c1-10(8(11)2-4-9)7-3-5-14(12,13)6-7/h7H,2-6H2,1H3. The lowest BCUT2D eigenvalue weighted by Gasteiger charge is -2.22. The molecule has 0 aliphatic carbocycles. The molecule has 0 bridgehead atoms. The molecule has 0 radical (unpaired) electrons. The lowest BCUT2D eigenvalue weighted by Crippen LogP contribution is -2.37. The zero-order valence-corrected chi connectivity index (χ0v) is 10.5. The third-order valence-electron chi connectivity index (χ3n) is 2.46. The highest BCUT2D eigenvalue weighted by molar-refractivity contribution is 9.09. The number of hydrogen-bond acceptors (Lipinski definition) is 3. The van der Waals surface area contributed by atoms with Crippen molar-refractivity contribution < 1.29 is 13.2 Å². The van der Waals surface area contributed by atoms with Crippen LogP contribution >= 0.6 is 15.9 Å². The van der Waals surface area contributed by atoms with E-state index in [0.717, 1.165) is 0 Å². The van der Waals surface area contributed by atoms with Crippen molar-refractivity contribution in [3.63, 3.8) is 0 Å². The van der Waals surface area contributed by atoms with E-state index in [2.05, 4.69) is 15.9 Å². The van der Waals surface area contributed by atoms with Crippen LogP contribution < -0.4 is 0 Å². The second kappa shape index (κ2) is 4.61. The van der Waals surface area contributed by atoms with Crippen LogP contribution in [0.25, 0.3) is 0 Å². The van der Waals surface area contributed by atoms with E-state index < -0.39 is 9.84 Å². The van der Waals surface area contributed by atoms with Gasteiger partial charge in [0.25, 0.3) is 0 Å². The summed E-state index contributed by atoms with van der Waals surface area (Å²) >= 11 is 3.18. The van der Waals surface area contributed by atoms with Gasteiger partial charge in [0.05, 0.1) is 11.5 Å². The van der Waals surface area contributed by atoms with Crippen LogP contribution in [-0.2, 0) is 14.6 Å². The van der Waals surface area contributed by atoms with Gasteiger partial charge in [-0.05, 0) is 6.42 Å². The minimum Gasteiger partial charge on any atom is -0.342 e. The Bertz CT molecular complexity index is 315. The summed E-state index contributed by atoms with van der Waals surface area (Å²) in [6.07, 6.45) is 1.000. The molecule has 0 spiro atoms. The molecule has 14 heavy (non-hydrogen) atoms. The zero-order valence-electron chi connectivity index (χ0n) is 8.07. The molecule has 1 aliphatic heterocycles. The van der Waals surface area contributed by atoms with E-state index >= 15 is 0 Å². The summed E-state index contributed by atoms with van der Waals surface area (Å²) in [6, 6.07) is -0.119. The molecule has 0 N–H and O–H groups in total. The first-order valence-corrected chi connectivity index (χ1v) is 7.42. The maximum absolute atomic E-state index is 11.4. The molecule has 0 aromatic heterocycles. The van der Waals surface area contributed by atoms with Crippen LogP contribution in [0, 0.1) is 0 Å². The molecule has 1 rings (SSSR count). The number of carbonyl (C=O) groups is 1. The van der Waals surface area contributed by atoms with Gasteiger partial charge in [-0.1, -0.05) is 15.9 Å². The fraction of sp³-hybridized carbons (Fsp3) is 0.875. The maximum atomic E-state index is 11.4. The highest BCUT2D eigenvalue weighted by Gasteiger charge is 2.32. The molecular weight excluding hydrogens is 270 g/mol. The molecular formula is C8H14BrNO3S. The SMILES string of the molecule is CN(C(=O)CCBr)C1CCS(=O)(=O)C1. The van der Waals surface area contributed by atoms with Crippen LogP contribution in [0.2, 0.25) is 0 Å². The second-order valence-corrected chi connectivity index (χ2v) is 6.52. The average Bonchev–Trinajstić information content (AvgIpc) is 2.45. The number of alkyl halides is 1. The van der Waals surface area contributed by atoms with E-state index in [1.165, 1.54) is 0 Å². The first-order valence-electron chi connectivity index (χ1n) is 4.48. The van der Waals surface area contributed by atoms with Gasteiger partial charge in [0.15, 0.2) is 9.84 Å². The smallest absolute Gasteiger partial charge is 0.223 e. The van der Waals surface area contributed by atoms with Gasteiger partial charge in [-0.25, -0.2) is 8.42 Å². The summed E-state index contributed by atoms with van der Waals surface area (Å²) in [5, 5.41) is 0.621. The van der Waals surface area contributed by atoms with Crippen LogP contribution in [-0.4, -0.2) is 49.2 Å². The van der Waals surface area contributed by atoms with Gasteiger partial charge in [-0.3, -0.25) is 4.79 Å². The Balaban J connectivity index is 2.55. The highest BCUT2D eigenvalue weighted by atomic mass is 79.9. The molecule has 1 amide bonds. The maximum Gasteiger partial charge on any atom is 0.223 e. The van der Waals surface area contributed by atoms with Crippen LogP contribution in [0.3, 0.4) is 0 Å². The number of nitrogens with zero attached hydrogens (tertiary/aromatic N) is 1. The average molecular weight is 284 g/mol. The minimum absolute atomic E-state index is 0.00368. The molecule has 6 heteroatoms. The first kappa shape index (κ1) is 12.0. The largest absolute Gasteiger partial charge is 0.342 e. The summed E-state index contributed by atoms with van der Waals surface area (Å²) in [5.41, 5.74) is 0. The molecule has 1 heterocycles. The molecule has 82 valence electrons. The van der Waals surface area contributed by atoms with E-state index in [1.54, 1.807) is 11.9 Å². The van der Waals surface area contributed by atoms with E-state index in [1.807, 2.05) is 0 Å². The molecule has 1 saturated heterocycles. The monoisotopic (exact) mass is 283 g/mol. The van der Waals surface area contributed by atoms with Gasteiger partial charge in [-0.15, -0.1) is 0 Å². The predicted octanol–water partition coefficient (Wildman–Crippen LogP) is 0.417. The molecule has 0 aromatic carbocycles. The fourth-order valence-electron chi connectivity index (χ4n) is 1.54. The van der Waals surface area contributed by atoms with Gasteiger partial charge in [0, 0.05) is 24.8 Å². The van der Waals surface area contributed by atoms with Gasteiger partial charge >= 0.3 is 0 Å². The van der Waals surface area contributed by atoms with E-state index in [0.29, 0.717) is 18.2 Å². The van der Waals surface area contributed by atoms with Crippen LogP contribution in [0.15, 0.2) is 0 Å².